The molecular formula is C24H23ClN6O2S. The Balaban J connectivity index is 1.23. The number of thiazole rings is 1. The van der Waals surface area contributed by atoms with Crippen molar-refractivity contribution in [1.29, 1.82) is 0 Å². The van der Waals surface area contributed by atoms with Crippen molar-refractivity contribution in [3.05, 3.63) is 76.2 Å². The fourth-order valence-corrected chi connectivity index (χ4v) is 5.17. The van der Waals surface area contributed by atoms with Crippen LogP contribution in [-0.2, 0) is 4.79 Å². The van der Waals surface area contributed by atoms with Crippen molar-refractivity contribution < 1.29 is 4.79 Å². The molecule has 1 saturated heterocycles. The summed E-state index contributed by atoms with van der Waals surface area (Å²) in [4.78, 5) is 34.3. The molecule has 0 saturated carbocycles. The van der Waals surface area contributed by atoms with Gasteiger partial charge in [-0.3, -0.25) is 14.5 Å². The average Bonchev–Trinajstić information content (AvgIpc) is 3.28. The van der Waals surface area contributed by atoms with Crippen LogP contribution in [0.1, 0.15) is 6.92 Å². The van der Waals surface area contributed by atoms with Crippen LogP contribution >= 0.6 is 22.9 Å². The summed E-state index contributed by atoms with van der Waals surface area (Å²) in [5.74, 6) is -0.0855. The third kappa shape index (κ3) is 4.42. The van der Waals surface area contributed by atoms with Gasteiger partial charge >= 0.3 is 0 Å². The minimum atomic E-state index is -0.351. The van der Waals surface area contributed by atoms with Crippen molar-refractivity contribution in [1.82, 2.24) is 19.7 Å². The van der Waals surface area contributed by atoms with Crippen LogP contribution in [0, 0.1) is 0 Å². The quantitative estimate of drug-likeness (QED) is 0.456. The lowest BCUT2D eigenvalue weighted by molar-refractivity contribution is -0.120. The Morgan fingerprint density at radius 3 is 2.50 bits per heavy atom. The number of nitrogens with zero attached hydrogens (tertiary/aromatic N) is 5. The minimum absolute atomic E-state index is 0.0855. The first kappa shape index (κ1) is 22.5. The van der Waals surface area contributed by atoms with Gasteiger partial charge in [0.15, 0.2) is 5.13 Å². The van der Waals surface area contributed by atoms with Gasteiger partial charge in [0.2, 0.25) is 5.91 Å². The number of carbonyl (C=O) groups is 1. The van der Waals surface area contributed by atoms with E-state index >= 15 is 0 Å². The second-order valence-corrected chi connectivity index (χ2v) is 9.48. The van der Waals surface area contributed by atoms with Gasteiger partial charge in [0, 0.05) is 26.2 Å². The molecule has 1 N–H and O–H groups in total. The molecule has 2 aromatic heterocycles. The van der Waals surface area contributed by atoms with Crippen LogP contribution in [0.25, 0.3) is 15.9 Å². The molecule has 0 aliphatic carbocycles. The molecule has 10 heteroatoms. The summed E-state index contributed by atoms with van der Waals surface area (Å²) in [5, 5.41) is 8.03. The highest BCUT2D eigenvalue weighted by molar-refractivity contribution is 7.22. The van der Waals surface area contributed by atoms with Crippen LogP contribution < -0.4 is 15.8 Å². The van der Waals surface area contributed by atoms with Crippen molar-refractivity contribution in [2.45, 2.75) is 13.0 Å². The summed E-state index contributed by atoms with van der Waals surface area (Å²) in [7, 11) is 0. The predicted molar refractivity (Wildman–Crippen MR) is 136 cm³/mol. The van der Waals surface area contributed by atoms with E-state index in [2.05, 4.69) is 20.3 Å². The van der Waals surface area contributed by atoms with E-state index in [0.29, 0.717) is 42.7 Å². The Morgan fingerprint density at radius 1 is 1.06 bits per heavy atom. The monoisotopic (exact) mass is 494 g/mol. The third-order valence-corrected chi connectivity index (χ3v) is 7.31. The summed E-state index contributed by atoms with van der Waals surface area (Å²) in [6.45, 7) is 4.48. The molecule has 174 valence electrons. The molecule has 1 unspecified atom stereocenters. The van der Waals surface area contributed by atoms with Crippen LogP contribution in [0.3, 0.4) is 0 Å². The molecule has 0 radical (unpaired) electrons. The molecular weight excluding hydrogens is 472 g/mol. The first-order valence-electron chi connectivity index (χ1n) is 11.0. The molecule has 8 nitrogen and oxygen atoms in total. The smallest absolute Gasteiger partial charge is 0.292 e. The average molecular weight is 495 g/mol. The van der Waals surface area contributed by atoms with Crippen molar-refractivity contribution in [3.8, 4) is 5.69 Å². The van der Waals surface area contributed by atoms with Gasteiger partial charge in [-0.05, 0) is 31.2 Å². The zero-order chi connectivity index (χ0) is 23.7. The zero-order valence-corrected chi connectivity index (χ0v) is 20.1. The van der Waals surface area contributed by atoms with Crippen LogP contribution in [0.4, 0.5) is 10.8 Å². The Kier molecular flexibility index (Phi) is 6.32. The number of para-hydroxylation sites is 2. The van der Waals surface area contributed by atoms with E-state index in [9.17, 15) is 9.59 Å². The van der Waals surface area contributed by atoms with Crippen molar-refractivity contribution >= 4 is 49.9 Å². The van der Waals surface area contributed by atoms with Crippen LogP contribution in [-0.4, -0.2) is 57.8 Å². The standard InChI is InChI=1S/C24H23ClN6O2S/c1-16(22(32)28-24-27-18-9-5-6-10-20(18)34-24)29-11-13-30(14-12-29)19-15-26-31(23(33)21(19)25)17-7-3-2-4-8-17/h2-10,15-16H,11-14H2,1H3,(H,27,28,32). The molecule has 1 aliphatic heterocycles. The second kappa shape index (κ2) is 9.54. The van der Waals surface area contributed by atoms with Gasteiger partial charge in [0.05, 0.1) is 33.8 Å². The van der Waals surface area contributed by atoms with Crippen molar-refractivity contribution in [3.63, 3.8) is 0 Å². The Labute approximate surface area is 205 Å². The highest BCUT2D eigenvalue weighted by Crippen LogP contribution is 2.26. The second-order valence-electron chi connectivity index (χ2n) is 8.07. The molecule has 2 aromatic carbocycles. The highest BCUT2D eigenvalue weighted by atomic mass is 35.5. The summed E-state index contributed by atoms with van der Waals surface area (Å²) >= 11 is 7.92. The van der Waals surface area contributed by atoms with E-state index in [0.717, 1.165) is 10.2 Å². The third-order valence-electron chi connectivity index (χ3n) is 6.01. The van der Waals surface area contributed by atoms with Gasteiger partial charge in [-0.1, -0.05) is 53.3 Å². The van der Waals surface area contributed by atoms with Gasteiger partial charge in [-0.2, -0.15) is 9.78 Å². The van der Waals surface area contributed by atoms with Gasteiger partial charge in [-0.25, -0.2) is 4.98 Å². The first-order chi connectivity index (χ1) is 16.5. The number of rotatable bonds is 5. The van der Waals surface area contributed by atoms with E-state index in [-0.39, 0.29) is 22.5 Å². The van der Waals surface area contributed by atoms with Gasteiger partial charge in [-0.15, -0.1) is 0 Å². The molecule has 4 aromatic rings. The molecule has 1 atom stereocenters. The summed E-state index contributed by atoms with van der Waals surface area (Å²) in [6, 6.07) is 16.7. The van der Waals surface area contributed by atoms with Crippen LogP contribution in [0.5, 0.6) is 0 Å². The minimum Gasteiger partial charge on any atom is -0.366 e. The first-order valence-corrected chi connectivity index (χ1v) is 12.2. The number of amides is 1. The summed E-state index contributed by atoms with van der Waals surface area (Å²) in [6.07, 6.45) is 1.63. The summed E-state index contributed by atoms with van der Waals surface area (Å²) in [5.41, 5.74) is 1.81. The van der Waals surface area contributed by atoms with Gasteiger partial charge in [0.25, 0.3) is 5.56 Å². The zero-order valence-electron chi connectivity index (χ0n) is 18.5. The number of nitrogens with one attached hydrogen (secondary N) is 1. The Bertz CT molecular complexity index is 1350. The lowest BCUT2D eigenvalue weighted by Crippen LogP contribution is -2.53. The number of benzene rings is 2. The van der Waals surface area contributed by atoms with Gasteiger partial charge < -0.3 is 10.2 Å². The number of anilines is 2. The maximum Gasteiger partial charge on any atom is 0.292 e. The lowest BCUT2D eigenvalue weighted by Gasteiger charge is -2.38. The van der Waals surface area contributed by atoms with E-state index in [1.807, 2.05) is 66.4 Å². The number of hydrogen-bond acceptors (Lipinski definition) is 7. The number of aromatic nitrogens is 3. The fourth-order valence-electron chi connectivity index (χ4n) is 4.05. The van der Waals surface area contributed by atoms with E-state index in [1.165, 1.54) is 16.0 Å². The molecule has 3 heterocycles. The lowest BCUT2D eigenvalue weighted by atomic mass is 10.2. The number of halogens is 1. The SMILES string of the molecule is CC(C(=O)Nc1nc2ccccc2s1)N1CCN(c2cnn(-c3ccccc3)c(=O)c2Cl)CC1. The number of hydrogen-bond donors (Lipinski definition) is 1. The summed E-state index contributed by atoms with van der Waals surface area (Å²) < 4.78 is 2.34. The van der Waals surface area contributed by atoms with E-state index in [1.54, 1.807) is 6.20 Å². The molecule has 1 aliphatic rings. The molecule has 1 amide bonds. The van der Waals surface area contributed by atoms with Gasteiger partial charge in [0.1, 0.15) is 5.02 Å². The van der Waals surface area contributed by atoms with Crippen LogP contribution in [0.2, 0.25) is 5.02 Å². The largest absolute Gasteiger partial charge is 0.366 e. The number of piperazine rings is 1. The maximum absolute atomic E-state index is 12.8. The highest BCUT2D eigenvalue weighted by Gasteiger charge is 2.28. The number of carbonyl (C=O) groups excluding carboxylic acids is 1. The predicted octanol–water partition coefficient (Wildman–Crippen LogP) is 3.64. The Hall–Kier alpha value is -3.27. The van der Waals surface area contributed by atoms with Crippen LogP contribution in [0.15, 0.2) is 65.6 Å². The molecule has 0 bridgehead atoms. The molecule has 0 spiro atoms. The molecule has 5 rings (SSSR count). The Morgan fingerprint density at radius 2 is 1.76 bits per heavy atom. The number of fused-ring (bicyclic) bond motifs is 1. The van der Waals surface area contributed by atoms with Crippen molar-refractivity contribution in [2.24, 2.45) is 0 Å². The van der Waals surface area contributed by atoms with E-state index < -0.39 is 0 Å². The van der Waals surface area contributed by atoms with Crippen molar-refractivity contribution in [2.75, 3.05) is 36.4 Å². The molecule has 1 fully saturated rings. The topological polar surface area (TPSA) is 83.4 Å². The normalized spacial score (nSPS) is 15.4. The molecule has 34 heavy (non-hydrogen) atoms. The maximum atomic E-state index is 12.8. The fraction of sp³-hybridized carbons (Fsp3) is 0.250. The van der Waals surface area contributed by atoms with E-state index in [4.69, 9.17) is 11.6 Å².